The molecule has 22 heavy (non-hydrogen) atoms. The molecule has 0 amide bonds. The van der Waals surface area contributed by atoms with Crippen molar-refractivity contribution >= 4 is 5.95 Å². The Hall–Kier alpha value is -2.55. The van der Waals surface area contributed by atoms with Crippen molar-refractivity contribution in [3.63, 3.8) is 0 Å². The number of aryl methyl sites for hydroxylation is 2. The maximum atomic E-state index is 5.77. The van der Waals surface area contributed by atoms with Crippen LogP contribution in [0.5, 0.6) is 0 Å². The first-order chi connectivity index (χ1) is 10.6. The smallest absolute Gasteiger partial charge is 0.197 e. The second-order valence-corrected chi connectivity index (χ2v) is 5.88. The molecule has 0 radical (unpaired) electrons. The number of benzene rings is 2. The van der Waals surface area contributed by atoms with Gasteiger partial charge in [-0.2, -0.15) is 0 Å². The summed E-state index contributed by atoms with van der Waals surface area (Å²) in [5.41, 5.74) is 11.9. The highest BCUT2D eigenvalue weighted by Gasteiger charge is 2.17. The minimum atomic E-state index is 0.230. The second-order valence-electron chi connectivity index (χ2n) is 5.88. The topological polar surface area (TPSA) is 54.7 Å². The molecule has 0 bridgehead atoms. The molecular weight excluding hydrogens is 270 g/mol. The molecule has 0 fully saturated rings. The molecule has 0 aliphatic carbocycles. The molecule has 0 aliphatic rings. The number of nitrogens with two attached hydrogens (primary N) is 1. The van der Waals surface area contributed by atoms with Crippen LogP contribution in [0, 0.1) is 13.8 Å². The van der Waals surface area contributed by atoms with Crippen molar-refractivity contribution in [3.05, 3.63) is 82.7 Å². The van der Waals surface area contributed by atoms with E-state index in [1.807, 2.05) is 6.20 Å². The van der Waals surface area contributed by atoms with Gasteiger partial charge in [0, 0.05) is 11.6 Å². The summed E-state index contributed by atoms with van der Waals surface area (Å²) in [7, 11) is 0. The van der Waals surface area contributed by atoms with Gasteiger partial charge in [-0.15, -0.1) is 0 Å². The Morgan fingerprint density at radius 1 is 0.955 bits per heavy atom. The number of hydrogen-bond acceptors (Lipinski definition) is 2. The summed E-state index contributed by atoms with van der Waals surface area (Å²) >= 11 is 0. The van der Waals surface area contributed by atoms with Crippen molar-refractivity contribution in [1.29, 1.82) is 0 Å². The minimum Gasteiger partial charge on any atom is -0.369 e. The third-order valence-electron chi connectivity index (χ3n) is 4.03. The number of nitrogens with one attached hydrogen (secondary N) is 1. The van der Waals surface area contributed by atoms with E-state index in [0.29, 0.717) is 5.95 Å². The molecule has 2 aromatic carbocycles. The Bertz CT molecular complexity index is 739. The first-order valence-corrected chi connectivity index (χ1v) is 7.54. The molecule has 3 N–H and O–H groups in total. The molecule has 3 rings (SSSR count). The van der Waals surface area contributed by atoms with Crippen molar-refractivity contribution in [3.8, 4) is 0 Å². The summed E-state index contributed by atoms with van der Waals surface area (Å²) in [6, 6.07) is 17.4. The third-order valence-corrected chi connectivity index (χ3v) is 4.03. The highest BCUT2D eigenvalue weighted by Crippen LogP contribution is 2.28. The van der Waals surface area contributed by atoms with Gasteiger partial charge in [0.15, 0.2) is 5.95 Å². The molecule has 3 nitrogen and oxygen atoms in total. The van der Waals surface area contributed by atoms with E-state index < -0.39 is 0 Å². The molecule has 3 aromatic rings. The Balaban J connectivity index is 1.95. The van der Waals surface area contributed by atoms with Crippen molar-refractivity contribution in [2.45, 2.75) is 26.2 Å². The van der Waals surface area contributed by atoms with Crippen molar-refractivity contribution < 1.29 is 0 Å². The number of hydrogen-bond donors (Lipinski definition) is 2. The number of anilines is 1. The van der Waals surface area contributed by atoms with Crippen LogP contribution in [0.1, 0.15) is 33.9 Å². The molecule has 0 spiro atoms. The van der Waals surface area contributed by atoms with Crippen LogP contribution in [-0.4, -0.2) is 9.97 Å². The molecule has 112 valence electrons. The van der Waals surface area contributed by atoms with Gasteiger partial charge in [0.1, 0.15) is 0 Å². The largest absolute Gasteiger partial charge is 0.369 e. The van der Waals surface area contributed by atoms with Crippen LogP contribution in [0.3, 0.4) is 0 Å². The first-order valence-electron chi connectivity index (χ1n) is 7.54. The molecule has 1 aromatic heterocycles. The number of imidazole rings is 1. The quantitative estimate of drug-likeness (QED) is 0.764. The van der Waals surface area contributed by atoms with Crippen molar-refractivity contribution in [2.75, 3.05) is 5.73 Å². The average Bonchev–Trinajstić information content (AvgIpc) is 2.94. The maximum Gasteiger partial charge on any atom is 0.197 e. The zero-order valence-corrected chi connectivity index (χ0v) is 13.0. The Morgan fingerprint density at radius 3 is 2.09 bits per heavy atom. The average molecular weight is 291 g/mol. The summed E-state index contributed by atoms with van der Waals surface area (Å²) in [4.78, 5) is 7.35. The van der Waals surface area contributed by atoms with Gasteiger partial charge in [-0.25, -0.2) is 4.98 Å². The van der Waals surface area contributed by atoms with E-state index in [9.17, 15) is 0 Å². The van der Waals surface area contributed by atoms with Crippen LogP contribution in [0.2, 0.25) is 0 Å². The number of rotatable bonds is 4. The van der Waals surface area contributed by atoms with Crippen LogP contribution in [0.25, 0.3) is 0 Å². The number of nitrogen functional groups attached to an aromatic ring is 1. The monoisotopic (exact) mass is 291 g/mol. The summed E-state index contributed by atoms with van der Waals surface area (Å²) in [6.45, 7) is 4.21. The highest BCUT2D eigenvalue weighted by molar-refractivity contribution is 5.35. The maximum absolute atomic E-state index is 5.77. The lowest BCUT2D eigenvalue weighted by Crippen LogP contribution is -2.06. The summed E-state index contributed by atoms with van der Waals surface area (Å²) in [5.74, 6) is 0.698. The molecular formula is C19H21N3. The summed E-state index contributed by atoms with van der Waals surface area (Å²) in [5, 5.41) is 0. The van der Waals surface area contributed by atoms with Crippen molar-refractivity contribution in [2.24, 2.45) is 0 Å². The standard InChI is InChI=1S/C19H21N3/c1-13-3-7-15(8-4-13)11-17(18-12-21-19(20)22-18)16-9-5-14(2)6-10-16/h3-10,12,17H,11H2,1-2H3,(H3,20,21,22). The van der Waals surface area contributed by atoms with Gasteiger partial charge < -0.3 is 10.7 Å². The number of aromatic amines is 1. The van der Waals surface area contributed by atoms with Gasteiger partial charge in [0.2, 0.25) is 0 Å². The Labute approximate surface area is 131 Å². The molecule has 1 atom stereocenters. The Kier molecular flexibility index (Phi) is 3.96. The van der Waals surface area contributed by atoms with Gasteiger partial charge in [0.25, 0.3) is 0 Å². The van der Waals surface area contributed by atoms with Crippen molar-refractivity contribution in [1.82, 2.24) is 9.97 Å². The normalized spacial score (nSPS) is 12.3. The molecule has 1 heterocycles. The highest BCUT2D eigenvalue weighted by atomic mass is 15.0. The van der Waals surface area contributed by atoms with Gasteiger partial charge in [-0.05, 0) is 31.4 Å². The van der Waals surface area contributed by atoms with E-state index in [2.05, 4.69) is 72.3 Å². The number of aromatic nitrogens is 2. The fourth-order valence-corrected chi connectivity index (χ4v) is 2.69. The van der Waals surface area contributed by atoms with Crippen LogP contribution < -0.4 is 5.73 Å². The lowest BCUT2D eigenvalue weighted by Gasteiger charge is -2.16. The van der Waals surface area contributed by atoms with Gasteiger partial charge >= 0.3 is 0 Å². The molecule has 0 saturated heterocycles. The van der Waals surface area contributed by atoms with E-state index in [0.717, 1.165) is 12.1 Å². The minimum absolute atomic E-state index is 0.230. The van der Waals surface area contributed by atoms with E-state index >= 15 is 0 Å². The zero-order valence-electron chi connectivity index (χ0n) is 13.0. The van der Waals surface area contributed by atoms with E-state index in [-0.39, 0.29) is 5.92 Å². The third kappa shape index (κ3) is 3.19. The fraction of sp³-hybridized carbons (Fsp3) is 0.211. The molecule has 0 aliphatic heterocycles. The van der Waals surface area contributed by atoms with E-state index in [4.69, 9.17) is 5.73 Å². The predicted molar refractivity (Wildman–Crippen MR) is 90.9 cm³/mol. The second kappa shape index (κ2) is 6.06. The number of nitrogens with zero attached hydrogens (tertiary/aromatic N) is 1. The predicted octanol–water partition coefficient (Wildman–Crippen LogP) is 3.98. The van der Waals surface area contributed by atoms with E-state index in [1.54, 1.807) is 0 Å². The molecule has 3 heteroatoms. The molecule has 0 saturated carbocycles. The fourth-order valence-electron chi connectivity index (χ4n) is 2.69. The Morgan fingerprint density at radius 2 is 1.55 bits per heavy atom. The van der Waals surface area contributed by atoms with Crippen LogP contribution in [0.4, 0.5) is 5.95 Å². The van der Waals surface area contributed by atoms with E-state index in [1.165, 1.54) is 22.3 Å². The van der Waals surface area contributed by atoms with Crippen LogP contribution in [-0.2, 0) is 6.42 Å². The van der Waals surface area contributed by atoms with Crippen LogP contribution in [0.15, 0.2) is 54.7 Å². The SMILES string of the molecule is Cc1ccc(CC(c2ccc(C)cc2)c2cnc(N)[nH]2)cc1. The van der Waals surface area contributed by atoms with Gasteiger partial charge in [0.05, 0.1) is 6.20 Å². The zero-order chi connectivity index (χ0) is 15.5. The number of H-pyrrole nitrogens is 1. The lowest BCUT2D eigenvalue weighted by molar-refractivity contribution is 0.780. The van der Waals surface area contributed by atoms with Gasteiger partial charge in [-0.3, -0.25) is 0 Å². The summed E-state index contributed by atoms with van der Waals surface area (Å²) < 4.78 is 0. The summed E-state index contributed by atoms with van der Waals surface area (Å²) in [6.07, 6.45) is 2.76. The first kappa shape index (κ1) is 14.4. The molecule has 1 unspecified atom stereocenters. The van der Waals surface area contributed by atoms with Crippen LogP contribution >= 0.6 is 0 Å². The van der Waals surface area contributed by atoms with Gasteiger partial charge in [-0.1, -0.05) is 59.7 Å². The lowest BCUT2D eigenvalue weighted by atomic mass is 9.89.